The molecule has 1 aromatic carbocycles. The molecule has 1 unspecified atom stereocenters. The van der Waals surface area contributed by atoms with Crippen LogP contribution in [0.5, 0.6) is 0 Å². The highest BCUT2D eigenvalue weighted by Crippen LogP contribution is 2.18. The lowest BCUT2D eigenvalue weighted by atomic mass is 10.0. The molecule has 6 nitrogen and oxygen atoms in total. The van der Waals surface area contributed by atoms with Crippen molar-refractivity contribution in [3.63, 3.8) is 0 Å². The first kappa shape index (κ1) is 21.4. The molecule has 0 saturated heterocycles. The van der Waals surface area contributed by atoms with Crippen LogP contribution in [0.1, 0.15) is 39.2 Å². The third kappa shape index (κ3) is 6.66. The van der Waals surface area contributed by atoms with Crippen molar-refractivity contribution in [2.24, 2.45) is 10.9 Å². The molecule has 1 aromatic rings. The Bertz CT molecular complexity index is 669. The SMILES string of the molecule is CN=C(NCc1ccccc1S(=O)(=O)N(C)C)NC(C)CCC(C)C. The van der Waals surface area contributed by atoms with E-state index in [2.05, 4.69) is 36.4 Å². The molecule has 0 radical (unpaired) electrons. The second kappa shape index (κ2) is 9.77. The Hall–Kier alpha value is -1.60. The summed E-state index contributed by atoms with van der Waals surface area (Å²) in [5.41, 5.74) is 0.717. The van der Waals surface area contributed by atoms with E-state index in [1.807, 2.05) is 12.1 Å². The van der Waals surface area contributed by atoms with E-state index in [-0.39, 0.29) is 0 Å². The van der Waals surface area contributed by atoms with Gasteiger partial charge in [-0.3, -0.25) is 4.99 Å². The zero-order valence-corrected chi connectivity index (χ0v) is 17.0. The fraction of sp³-hybridized carbons (Fsp3) is 0.611. The van der Waals surface area contributed by atoms with Crippen LogP contribution < -0.4 is 10.6 Å². The van der Waals surface area contributed by atoms with Gasteiger partial charge in [0.2, 0.25) is 10.0 Å². The van der Waals surface area contributed by atoms with Crippen LogP contribution in [0.25, 0.3) is 0 Å². The molecule has 25 heavy (non-hydrogen) atoms. The zero-order chi connectivity index (χ0) is 19.0. The van der Waals surface area contributed by atoms with Gasteiger partial charge in [-0.1, -0.05) is 32.0 Å². The van der Waals surface area contributed by atoms with Crippen molar-refractivity contribution in [2.45, 2.75) is 51.1 Å². The van der Waals surface area contributed by atoms with E-state index in [1.165, 1.54) is 18.4 Å². The van der Waals surface area contributed by atoms with E-state index >= 15 is 0 Å². The van der Waals surface area contributed by atoms with Crippen molar-refractivity contribution in [2.75, 3.05) is 21.1 Å². The lowest BCUT2D eigenvalue weighted by molar-refractivity contribution is 0.489. The Morgan fingerprint density at radius 1 is 1.16 bits per heavy atom. The quantitative estimate of drug-likeness (QED) is 0.546. The second-order valence-corrected chi connectivity index (χ2v) is 8.96. The Labute approximate surface area is 152 Å². The average molecular weight is 369 g/mol. The van der Waals surface area contributed by atoms with Gasteiger partial charge in [-0.15, -0.1) is 0 Å². The summed E-state index contributed by atoms with van der Waals surface area (Å²) < 4.78 is 26.1. The number of benzene rings is 1. The largest absolute Gasteiger partial charge is 0.354 e. The molecule has 0 aliphatic heterocycles. The van der Waals surface area contributed by atoms with E-state index in [1.54, 1.807) is 19.2 Å². The van der Waals surface area contributed by atoms with Gasteiger partial charge in [0.25, 0.3) is 0 Å². The number of nitrogens with zero attached hydrogens (tertiary/aromatic N) is 2. The maximum absolute atomic E-state index is 12.4. The van der Waals surface area contributed by atoms with Gasteiger partial charge in [-0.05, 0) is 37.3 Å². The summed E-state index contributed by atoms with van der Waals surface area (Å²) >= 11 is 0. The van der Waals surface area contributed by atoms with E-state index in [0.717, 1.165) is 12.8 Å². The van der Waals surface area contributed by atoms with Gasteiger partial charge in [-0.2, -0.15) is 0 Å². The normalized spacial score (nSPS) is 14.0. The lowest BCUT2D eigenvalue weighted by Gasteiger charge is -2.20. The van der Waals surface area contributed by atoms with Crippen LogP contribution in [0.15, 0.2) is 34.2 Å². The molecule has 0 spiro atoms. The van der Waals surface area contributed by atoms with Gasteiger partial charge in [0.05, 0.1) is 4.90 Å². The Kier molecular flexibility index (Phi) is 8.38. The van der Waals surface area contributed by atoms with E-state index < -0.39 is 10.0 Å². The van der Waals surface area contributed by atoms with Crippen LogP contribution in [0.2, 0.25) is 0 Å². The molecule has 0 aliphatic rings. The number of nitrogens with one attached hydrogen (secondary N) is 2. The summed E-state index contributed by atoms with van der Waals surface area (Å²) in [5, 5.41) is 6.56. The Morgan fingerprint density at radius 2 is 1.80 bits per heavy atom. The Morgan fingerprint density at radius 3 is 2.36 bits per heavy atom. The summed E-state index contributed by atoms with van der Waals surface area (Å²) in [7, 11) is 1.32. The third-order valence-electron chi connectivity index (χ3n) is 3.96. The molecule has 0 saturated carbocycles. The predicted octanol–water partition coefficient (Wildman–Crippen LogP) is 2.43. The molecule has 0 heterocycles. The standard InChI is InChI=1S/C18H32N4O2S/c1-14(2)11-12-15(3)21-18(19-4)20-13-16-9-7-8-10-17(16)25(23,24)22(5)6/h7-10,14-15H,11-13H2,1-6H3,(H2,19,20,21). The molecule has 142 valence electrons. The minimum Gasteiger partial charge on any atom is -0.354 e. The summed E-state index contributed by atoms with van der Waals surface area (Å²) in [4.78, 5) is 4.55. The monoisotopic (exact) mass is 368 g/mol. The van der Waals surface area contributed by atoms with Gasteiger partial charge < -0.3 is 10.6 Å². The van der Waals surface area contributed by atoms with Crippen LogP contribution in [-0.2, 0) is 16.6 Å². The van der Waals surface area contributed by atoms with E-state index in [0.29, 0.717) is 34.9 Å². The Balaban J connectivity index is 2.77. The summed E-state index contributed by atoms with van der Waals surface area (Å²) in [6.45, 7) is 6.93. The maximum Gasteiger partial charge on any atom is 0.242 e. The highest BCUT2D eigenvalue weighted by atomic mass is 32.2. The number of guanidine groups is 1. The molecule has 7 heteroatoms. The molecule has 0 bridgehead atoms. The minimum absolute atomic E-state index is 0.300. The van der Waals surface area contributed by atoms with Crippen LogP contribution in [-0.4, -0.2) is 45.9 Å². The highest BCUT2D eigenvalue weighted by molar-refractivity contribution is 7.89. The van der Waals surface area contributed by atoms with Gasteiger partial charge in [-0.25, -0.2) is 12.7 Å². The van der Waals surface area contributed by atoms with Gasteiger partial charge in [0, 0.05) is 33.7 Å². The fourth-order valence-electron chi connectivity index (χ4n) is 2.36. The molecule has 2 N–H and O–H groups in total. The number of hydrogen-bond donors (Lipinski definition) is 2. The van der Waals surface area contributed by atoms with E-state index in [9.17, 15) is 8.42 Å². The smallest absolute Gasteiger partial charge is 0.242 e. The molecule has 1 atom stereocenters. The molecule has 0 fully saturated rings. The molecule has 0 aromatic heterocycles. The van der Waals surface area contributed by atoms with Crippen LogP contribution >= 0.6 is 0 Å². The number of hydrogen-bond acceptors (Lipinski definition) is 3. The topological polar surface area (TPSA) is 73.8 Å². The summed E-state index contributed by atoms with van der Waals surface area (Å²) in [6, 6.07) is 7.33. The summed E-state index contributed by atoms with van der Waals surface area (Å²) in [6.07, 6.45) is 2.21. The predicted molar refractivity (Wildman–Crippen MR) is 104 cm³/mol. The summed E-state index contributed by atoms with van der Waals surface area (Å²) in [5.74, 6) is 1.34. The van der Waals surface area contributed by atoms with Crippen LogP contribution in [0, 0.1) is 5.92 Å². The van der Waals surface area contributed by atoms with Gasteiger partial charge in [0.15, 0.2) is 5.96 Å². The zero-order valence-electron chi connectivity index (χ0n) is 16.2. The minimum atomic E-state index is -3.47. The first-order valence-corrected chi connectivity index (χ1v) is 10.1. The number of sulfonamides is 1. The fourth-order valence-corrected chi connectivity index (χ4v) is 3.48. The maximum atomic E-state index is 12.4. The lowest BCUT2D eigenvalue weighted by Crippen LogP contribution is -2.42. The molecular weight excluding hydrogens is 336 g/mol. The molecule has 0 amide bonds. The van der Waals surface area contributed by atoms with Crippen molar-refractivity contribution < 1.29 is 8.42 Å². The molecule has 1 rings (SSSR count). The highest BCUT2D eigenvalue weighted by Gasteiger charge is 2.20. The first-order valence-electron chi connectivity index (χ1n) is 8.66. The second-order valence-electron chi connectivity index (χ2n) is 6.84. The molecular formula is C18H32N4O2S. The van der Waals surface area contributed by atoms with Crippen molar-refractivity contribution in [3.05, 3.63) is 29.8 Å². The third-order valence-corrected chi connectivity index (χ3v) is 5.88. The van der Waals surface area contributed by atoms with E-state index in [4.69, 9.17) is 0 Å². The van der Waals surface area contributed by atoms with Gasteiger partial charge >= 0.3 is 0 Å². The number of rotatable bonds is 8. The van der Waals surface area contributed by atoms with Crippen molar-refractivity contribution in [3.8, 4) is 0 Å². The molecule has 0 aliphatic carbocycles. The number of aliphatic imine (C=N–C) groups is 1. The average Bonchev–Trinajstić information content (AvgIpc) is 2.56. The van der Waals surface area contributed by atoms with Crippen molar-refractivity contribution in [1.29, 1.82) is 0 Å². The first-order chi connectivity index (χ1) is 11.7. The van der Waals surface area contributed by atoms with Gasteiger partial charge in [0.1, 0.15) is 0 Å². The van der Waals surface area contributed by atoms with Crippen molar-refractivity contribution in [1.82, 2.24) is 14.9 Å². The van der Waals surface area contributed by atoms with Crippen LogP contribution in [0.4, 0.5) is 0 Å². The van der Waals surface area contributed by atoms with Crippen molar-refractivity contribution >= 4 is 16.0 Å². The van der Waals surface area contributed by atoms with Crippen LogP contribution in [0.3, 0.4) is 0 Å².